The van der Waals surface area contributed by atoms with Crippen LogP contribution in [0.15, 0.2) is 65.7 Å². The van der Waals surface area contributed by atoms with E-state index in [4.69, 9.17) is 0 Å². The van der Waals surface area contributed by atoms with Crippen molar-refractivity contribution >= 4 is 17.5 Å². The standard InChI is InChI=1S/C34H38N4O2/c1-3-37-14-16-38(17-15-37)22-25-7-5-24(6-8-25)18-32(39)28-9-4-23(2)31(20-28)27-12-13-30-29(19-27)21-35-33(30)36-34(40)26-10-11-26/h4-9,12-13,19-20,26H,3,10-11,14-18,21-22H2,1-2H3,(H,35,36,40). The highest BCUT2D eigenvalue weighted by atomic mass is 16.2. The van der Waals surface area contributed by atoms with Gasteiger partial charge in [-0.25, -0.2) is 0 Å². The van der Waals surface area contributed by atoms with Crippen LogP contribution in [0.1, 0.15) is 57.9 Å². The largest absolute Gasteiger partial charge is 0.310 e. The normalized spacial score (nSPS) is 17.4. The minimum atomic E-state index is 0.0813. The number of piperazine rings is 1. The van der Waals surface area contributed by atoms with Crippen LogP contribution in [0.25, 0.3) is 11.1 Å². The Morgan fingerprint density at radius 3 is 2.33 bits per heavy atom. The van der Waals surface area contributed by atoms with E-state index in [1.807, 2.05) is 24.3 Å². The maximum atomic E-state index is 13.3. The van der Waals surface area contributed by atoms with Crippen molar-refractivity contribution in [3.8, 4) is 11.1 Å². The van der Waals surface area contributed by atoms with E-state index in [-0.39, 0.29) is 17.6 Å². The van der Waals surface area contributed by atoms with Crippen LogP contribution in [0.4, 0.5) is 0 Å². The van der Waals surface area contributed by atoms with E-state index < -0.39 is 0 Å². The van der Waals surface area contributed by atoms with Crippen molar-refractivity contribution in [1.82, 2.24) is 15.1 Å². The molecule has 0 atom stereocenters. The van der Waals surface area contributed by atoms with Gasteiger partial charge in [0, 0.05) is 56.2 Å². The first kappa shape index (κ1) is 26.6. The highest BCUT2D eigenvalue weighted by Gasteiger charge is 2.31. The number of likely N-dealkylation sites (N-methyl/N-ethyl adjacent to an activating group) is 1. The summed E-state index contributed by atoms with van der Waals surface area (Å²) in [5.74, 6) is 1.04. The molecular formula is C34H38N4O2. The molecule has 3 aliphatic rings. The number of amides is 1. The van der Waals surface area contributed by atoms with Gasteiger partial charge in [0.05, 0.1) is 6.54 Å². The lowest BCUT2D eigenvalue weighted by molar-refractivity contribution is -0.120. The maximum Gasteiger partial charge on any atom is 0.228 e. The van der Waals surface area contributed by atoms with Gasteiger partial charge in [0.25, 0.3) is 0 Å². The van der Waals surface area contributed by atoms with Crippen LogP contribution >= 0.6 is 0 Å². The van der Waals surface area contributed by atoms with Gasteiger partial charge in [-0.3, -0.25) is 19.5 Å². The average molecular weight is 535 g/mol. The SMILES string of the molecule is CCN1CCN(Cc2ccc(CC(=O)c3ccc(C)c(-c4ccc5c(c4)CN=C5NC(=O)C4CC4)c3)cc2)CC1. The number of amidine groups is 1. The highest BCUT2D eigenvalue weighted by Crippen LogP contribution is 2.31. The number of ketones is 1. The zero-order valence-corrected chi connectivity index (χ0v) is 23.6. The van der Waals surface area contributed by atoms with Crippen molar-refractivity contribution in [2.24, 2.45) is 10.9 Å². The molecule has 6 nitrogen and oxygen atoms in total. The summed E-state index contributed by atoms with van der Waals surface area (Å²) < 4.78 is 0. The summed E-state index contributed by atoms with van der Waals surface area (Å²) in [6.45, 7) is 11.5. The fraction of sp³-hybridized carbons (Fsp3) is 0.382. The fourth-order valence-corrected chi connectivity index (χ4v) is 5.72. The number of carbonyl (C=O) groups is 2. The predicted octanol–water partition coefficient (Wildman–Crippen LogP) is 5.01. The van der Waals surface area contributed by atoms with E-state index in [9.17, 15) is 9.59 Å². The number of Topliss-reactive ketones (excluding diaryl/α,β-unsaturated/α-hetero) is 1. The molecule has 2 fully saturated rings. The molecule has 1 aliphatic carbocycles. The Morgan fingerprint density at radius 2 is 1.60 bits per heavy atom. The number of nitrogens with zero attached hydrogens (tertiary/aromatic N) is 3. The molecule has 6 rings (SSSR count). The van der Waals surface area contributed by atoms with Crippen LogP contribution in [0.5, 0.6) is 0 Å². The van der Waals surface area contributed by atoms with Gasteiger partial charge in [-0.2, -0.15) is 0 Å². The molecule has 0 radical (unpaired) electrons. The first-order valence-corrected chi connectivity index (χ1v) is 14.6. The Balaban J connectivity index is 1.10. The van der Waals surface area contributed by atoms with E-state index in [0.29, 0.717) is 18.8 Å². The Labute approximate surface area is 237 Å². The highest BCUT2D eigenvalue weighted by molar-refractivity contribution is 6.11. The third kappa shape index (κ3) is 5.93. The van der Waals surface area contributed by atoms with Crippen molar-refractivity contribution in [3.63, 3.8) is 0 Å². The third-order valence-corrected chi connectivity index (χ3v) is 8.53. The molecule has 1 saturated carbocycles. The van der Waals surface area contributed by atoms with Crippen molar-refractivity contribution in [1.29, 1.82) is 0 Å². The second kappa shape index (κ2) is 11.5. The first-order chi connectivity index (χ1) is 19.5. The topological polar surface area (TPSA) is 65.0 Å². The molecule has 3 aromatic carbocycles. The Bertz CT molecular complexity index is 1450. The third-order valence-electron chi connectivity index (χ3n) is 8.53. The second-order valence-electron chi connectivity index (χ2n) is 11.5. The minimum Gasteiger partial charge on any atom is -0.310 e. The molecule has 0 unspecified atom stereocenters. The monoisotopic (exact) mass is 534 g/mol. The van der Waals surface area contributed by atoms with Crippen LogP contribution in [-0.4, -0.2) is 60.0 Å². The van der Waals surface area contributed by atoms with Gasteiger partial charge in [-0.15, -0.1) is 0 Å². The predicted molar refractivity (Wildman–Crippen MR) is 160 cm³/mol. The summed E-state index contributed by atoms with van der Waals surface area (Å²) in [5, 5.41) is 3.00. The lowest BCUT2D eigenvalue weighted by Crippen LogP contribution is -2.45. The molecule has 1 amide bonds. The van der Waals surface area contributed by atoms with Gasteiger partial charge in [0.1, 0.15) is 5.84 Å². The molecule has 3 aromatic rings. The van der Waals surface area contributed by atoms with Crippen molar-refractivity contribution < 1.29 is 9.59 Å². The van der Waals surface area contributed by atoms with Gasteiger partial charge in [-0.05, 0) is 71.8 Å². The lowest BCUT2D eigenvalue weighted by Gasteiger charge is -2.34. The molecule has 0 spiro atoms. The molecule has 1 saturated heterocycles. The fourth-order valence-electron chi connectivity index (χ4n) is 5.72. The lowest BCUT2D eigenvalue weighted by atomic mass is 9.93. The molecule has 6 heteroatoms. The second-order valence-corrected chi connectivity index (χ2v) is 11.5. The van der Waals surface area contributed by atoms with E-state index in [2.05, 4.69) is 70.4 Å². The van der Waals surface area contributed by atoms with Crippen LogP contribution in [-0.2, 0) is 24.3 Å². The summed E-state index contributed by atoms with van der Waals surface area (Å²) in [6, 6.07) is 20.8. The minimum absolute atomic E-state index is 0.0813. The quantitative estimate of drug-likeness (QED) is 0.413. The van der Waals surface area contributed by atoms with Crippen molar-refractivity contribution in [2.45, 2.75) is 46.2 Å². The molecule has 1 N–H and O–H groups in total. The van der Waals surface area contributed by atoms with Crippen LogP contribution in [0, 0.1) is 12.8 Å². The van der Waals surface area contributed by atoms with Gasteiger partial charge in [0.15, 0.2) is 5.78 Å². The number of nitrogens with one attached hydrogen (secondary N) is 1. The Kier molecular flexibility index (Phi) is 7.63. The van der Waals surface area contributed by atoms with Crippen molar-refractivity contribution in [3.05, 3.63) is 94.0 Å². The van der Waals surface area contributed by atoms with E-state index in [1.165, 1.54) is 5.56 Å². The smallest absolute Gasteiger partial charge is 0.228 e. The number of fused-ring (bicyclic) bond motifs is 1. The number of hydrogen-bond donors (Lipinski definition) is 1. The molecular weight excluding hydrogens is 496 g/mol. The Morgan fingerprint density at radius 1 is 0.875 bits per heavy atom. The average Bonchev–Trinajstić information content (AvgIpc) is 3.76. The first-order valence-electron chi connectivity index (χ1n) is 14.6. The van der Waals surface area contributed by atoms with Crippen LogP contribution < -0.4 is 5.32 Å². The van der Waals surface area contributed by atoms with Gasteiger partial charge < -0.3 is 10.2 Å². The number of carbonyl (C=O) groups excluding carboxylic acids is 2. The zero-order chi connectivity index (χ0) is 27.6. The number of aryl methyl sites for hydroxylation is 1. The summed E-state index contributed by atoms with van der Waals surface area (Å²) in [4.78, 5) is 35.1. The molecule has 206 valence electrons. The number of hydrogen-bond acceptors (Lipinski definition) is 5. The molecule has 2 heterocycles. The zero-order valence-electron chi connectivity index (χ0n) is 23.6. The van der Waals surface area contributed by atoms with Gasteiger partial charge in [0.2, 0.25) is 5.91 Å². The van der Waals surface area contributed by atoms with E-state index in [1.54, 1.807) is 0 Å². The number of rotatable bonds is 8. The maximum absolute atomic E-state index is 13.3. The summed E-state index contributed by atoms with van der Waals surface area (Å²) >= 11 is 0. The molecule has 0 bridgehead atoms. The van der Waals surface area contributed by atoms with Crippen molar-refractivity contribution in [2.75, 3.05) is 32.7 Å². The van der Waals surface area contributed by atoms with Gasteiger partial charge >= 0.3 is 0 Å². The molecule has 0 aromatic heterocycles. The van der Waals surface area contributed by atoms with Crippen LogP contribution in [0.3, 0.4) is 0 Å². The summed E-state index contributed by atoms with van der Waals surface area (Å²) in [5.41, 5.74) is 8.43. The summed E-state index contributed by atoms with van der Waals surface area (Å²) in [6.07, 6.45) is 2.34. The molecule has 2 aliphatic heterocycles. The molecule has 40 heavy (non-hydrogen) atoms. The van der Waals surface area contributed by atoms with Gasteiger partial charge in [-0.1, -0.05) is 55.5 Å². The van der Waals surface area contributed by atoms with Crippen LogP contribution in [0.2, 0.25) is 0 Å². The number of aliphatic imine (C=N–C) groups is 1. The summed E-state index contributed by atoms with van der Waals surface area (Å²) in [7, 11) is 0. The van der Waals surface area contributed by atoms with E-state index in [0.717, 1.165) is 91.1 Å². The number of benzene rings is 3. The van der Waals surface area contributed by atoms with E-state index >= 15 is 0 Å². The Hall–Kier alpha value is -3.61.